The van der Waals surface area contributed by atoms with Gasteiger partial charge in [0.25, 0.3) is 0 Å². The van der Waals surface area contributed by atoms with Gasteiger partial charge in [-0.1, -0.05) is 77.9 Å². The number of hydrogen-bond donors (Lipinski definition) is 0. The third kappa shape index (κ3) is 4.93. The zero-order chi connectivity index (χ0) is 31.9. The first-order valence-electron chi connectivity index (χ1n) is 15.7. The summed E-state index contributed by atoms with van der Waals surface area (Å²) >= 11 is 0. The van der Waals surface area contributed by atoms with Crippen molar-refractivity contribution in [1.29, 1.82) is 0 Å². The van der Waals surface area contributed by atoms with Crippen molar-refractivity contribution in [3.8, 4) is 11.5 Å². The van der Waals surface area contributed by atoms with Gasteiger partial charge in [0.15, 0.2) is 0 Å². The molecule has 8 rings (SSSR count). The van der Waals surface area contributed by atoms with E-state index in [4.69, 9.17) is 19.4 Å². The normalized spacial score (nSPS) is 16.9. The molecule has 0 amide bonds. The van der Waals surface area contributed by atoms with Gasteiger partial charge in [-0.05, 0) is 55.7 Å². The summed E-state index contributed by atoms with van der Waals surface area (Å²) in [6.07, 6.45) is 5.26. The summed E-state index contributed by atoms with van der Waals surface area (Å²) in [4.78, 5) is 11.9. The molecule has 0 fully saturated rings. The largest absolute Gasteiger partial charge is 0.536 e. The topological polar surface area (TPSA) is 47.5 Å². The minimum absolute atomic E-state index is 0. The summed E-state index contributed by atoms with van der Waals surface area (Å²) in [7, 11) is 5.40. The summed E-state index contributed by atoms with van der Waals surface area (Å²) < 4.78 is 10.8. The molecule has 3 heterocycles. The van der Waals surface area contributed by atoms with E-state index in [1.54, 1.807) is 14.2 Å². The fourth-order valence-electron chi connectivity index (χ4n) is 8.35. The van der Waals surface area contributed by atoms with Crippen LogP contribution < -0.4 is 14.4 Å². The first kappa shape index (κ1) is 32.2. The van der Waals surface area contributed by atoms with E-state index in [9.17, 15) is 0 Å². The molecule has 1 aliphatic carbocycles. The molecule has 0 N–H and O–H groups in total. The van der Waals surface area contributed by atoms with E-state index < -0.39 is 0 Å². The molecule has 46 heavy (non-hydrogen) atoms. The second-order valence-corrected chi connectivity index (χ2v) is 14.6. The summed E-state index contributed by atoms with van der Waals surface area (Å²) in [6.45, 7) is 15.0. The van der Waals surface area contributed by atoms with E-state index in [1.165, 1.54) is 45.0 Å². The monoisotopic (exact) mass is 788 g/mol. The predicted octanol–water partition coefficient (Wildman–Crippen LogP) is 9.08. The van der Waals surface area contributed by atoms with E-state index in [0.717, 1.165) is 33.7 Å². The van der Waals surface area contributed by atoms with Crippen LogP contribution in [0.5, 0.6) is 11.5 Å². The first-order valence-corrected chi connectivity index (χ1v) is 15.7. The molecule has 1 aliphatic heterocycles. The van der Waals surface area contributed by atoms with Gasteiger partial charge < -0.3 is 24.3 Å². The van der Waals surface area contributed by atoms with Crippen LogP contribution in [0.3, 0.4) is 0 Å². The fourth-order valence-corrected chi connectivity index (χ4v) is 8.35. The molecule has 0 bridgehead atoms. The Labute approximate surface area is 285 Å². The standard InChI is InChI=1S/C20H21N2O2.C20H20N.Ir/c1-20(2)11-22(3)15-10-21-19-13(18(15)20)7-6-12-8-16(23-4)17(24-5)9-14(12)19;1-19(2)12-20(3,4)17-15-10-9-13-7-5-6-8-14(13)18(15)21-11-16(17)19;/h6-8,10H,11H2,1-5H3;5-7,9-11H,12H2,1-4H3;/q2*-1;. The first-order chi connectivity index (χ1) is 21.4. The van der Waals surface area contributed by atoms with Crippen LogP contribution in [0.25, 0.3) is 43.4 Å². The molecule has 6 aromatic rings. The van der Waals surface area contributed by atoms with Gasteiger partial charge >= 0.3 is 0 Å². The number of likely N-dealkylation sites (N-methyl/N-ethyl adjacent to an activating group) is 1. The number of anilines is 1. The van der Waals surface area contributed by atoms with Crippen LogP contribution in [-0.4, -0.2) is 37.8 Å². The Morgan fingerprint density at radius 3 is 2.15 bits per heavy atom. The SMILES string of the molecule is CC1(C)CC(C)(C)c2c1cnc1c2ccc2ccc[c-]c21.COc1[c-]c2c(ccc3c4c(cnc32)N(C)CC4(C)C)cc1OC.[Ir]. The van der Waals surface area contributed by atoms with Gasteiger partial charge in [-0.25, -0.2) is 0 Å². The van der Waals surface area contributed by atoms with Crippen LogP contribution in [0, 0.1) is 12.1 Å². The van der Waals surface area contributed by atoms with Crippen LogP contribution in [0.2, 0.25) is 0 Å². The summed E-state index contributed by atoms with van der Waals surface area (Å²) in [5, 5.41) is 6.87. The van der Waals surface area contributed by atoms with Crippen molar-refractivity contribution < 1.29 is 29.6 Å². The minimum atomic E-state index is 0. The van der Waals surface area contributed by atoms with Gasteiger partial charge in [-0.3, -0.25) is 0 Å². The molecule has 0 saturated heterocycles. The number of aromatic nitrogens is 2. The van der Waals surface area contributed by atoms with Crippen molar-refractivity contribution in [3.05, 3.63) is 89.7 Å². The molecule has 2 aromatic heterocycles. The molecular formula is C40H41IrN3O2-2. The van der Waals surface area contributed by atoms with Crippen LogP contribution in [0.1, 0.15) is 64.7 Å². The molecule has 0 unspecified atom stereocenters. The zero-order valence-corrected chi connectivity index (χ0v) is 30.6. The van der Waals surface area contributed by atoms with Crippen molar-refractivity contribution in [2.24, 2.45) is 0 Å². The Morgan fingerprint density at radius 2 is 1.43 bits per heavy atom. The number of benzene rings is 4. The van der Waals surface area contributed by atoms with E-state index in [2.05, 4.69) is 102 Å². The second-order valence-electron chi connectivity index (χ2n) is 14.6. The van der Waals surface area contributed by atoms with Gasteiger partial charge in [-0.15, -0.1) is 45.8 Å². The van der Waals surface area contributed by atoms with Gasteiger partial charge in [0, 0.05) is 51.5 Å². The van der Waals surface area contributed by atoms with Crippen molar-refractivity contribution >= 4 is 49.0 Å². The number of methoxy groups -OCH3 is 2. The van der Waals surface area contributed by atoms with Gasteiger partial charge in [-0.2, -0.15) is 0 Å². The van der Waals surface area contributed by atoms with Gasteiger partial charge in [0.1, 0.15) is 0 Å². The maximum atomic E-state index is 5.43. The molecule has 2 aliphatic rings. The van der Waals surface area contributed by atoms with Crippen LogP contribution in [0.15, 0.2) is 60.9 Å². The minimum Gasteiger partial charge on any atom is -0.536 e. The van der Waals surface area contributed by atoms with Crippen molar-refractivity contribution in [2.75, 3.05) is 32.7 Å². The van der Waals surface area contributed by atoms with E-state index in [-0.39, 0.29) is 36.4 Å². The maximum absolute atomic E-state index is 5.43. The molecule has 239 valence electrons. The van der Waals surface area contributed by atoms with Crippen molar-refractivity contribution in [1.82, 2.24) is 9.97 Å². The molecule has 1 radical (unpaired) electrons. The molecule has 0 spiro atoms. The van der Waals surface area contributed by atoms with Crippen LogP contribution >= 0.6 is 0 Å². The maximum Gasteiger partial charge on any atom is 0.0776 e. The summed E-state index contributed by atoms with van der Waals surface area (Å²) in [5.41, 5.74) is 8.03. The summed E-state index contributed by atoms with van der Waals surface area (Å²) in [5.74, 6) is 1.29. The third-order valence-electron chi connectivity index (χ3n) is 9.91. The molecule has 0 saturated carbocycles. The average Bonchev–Trinajstić information content (AvgIpc) is 3.38. The van der Waals surface area contributed by atoms with E-state index >= 15 is 0 Å². The Hall–Kier alpha value is -3.73. The van der Waals surface area contributed by atoms with Crippen LogP contribution in [0.4, 0.5) is 5.69 Å². The quantitative estimate of drug-likeness (QED) is 0.130. The molecule has 6 heteroatoms. The Balaban J connectivity index is 0.000000159. The average molecular weight is 788 g/mol. The van der Waals surface area contributed by atoms with Crippen LogP contribution in [-0.2, 0) is 36.4 Å². The predicted molar refractivity (Wildman–Crippen MR) is 186 cm³/mol. The zero-order valence-electron chi connectivity index (χ0n) is 28.2. The number of pyridine rings is 2. The third-order valence-corrected chi connectivity index (χ3v) is 9.91. The fraction of sp³-hybridized carbons (Fsp3) is 0.350. The number of nitrogens with zero attached hydrogens (tertiary/aromatic N) is 3. The molecular weight excluding hydrogens is 747 g/mol. The number of fused-ring (bicyclic) bond motifs is 10. The Bertz CT molecular complexity index is 2150. The molecule has 0 atom stereocenters. The van der Waals surface area contributed by atoms with E-state index in [1.807, 2.05) is 24.4 Å². The van der Waals surface area contributed by atoms with Crippen molar-refractivity contribution in [3.63, 3.8) is 0 Å². The Kier molecular flexibility index (Phi) is 7.85. The van der Waals surface area contributed by atoms with Crippen molar-refractivity contribution in [2.45, 2.75) is 64.2 Å². The second kappa shape index (κ2) is 11.2. The molecule has 5 nitrogen and oxygen atoms in total. The van der Waals surface area contributed by atoms with E-state index in [0.29, 0.717) is 11.5 Å². The van der Waals surface area contributed by atoms with Gasteiger partial charge in [0.05, 0.1) is 31.4 Å². The van der Waals surface area contributed by atoms with Gasteiger partial charge in [0.2, 0.25) is 0 Å². The number of ether oxygens (including phenoxy) is 2. The smallest absolute Gasteiger partial charge is 0.0776 e. The molecule has 4 aromatic carbocycles. The number of rotatable bonds is 2. The summed E-state index contributed by atoms with van der Waals surface area (Å²) in [6, 6.07) is 23.6. The number of hydrogen-bond acceptors (Lipinski definition) is 5. The Morgan fingerprint density at radius 1 is 0.761 bits per heavy atom.